The summed E-state index contributed by atoms with van der Waals surface area (Å²) < 4.78 is 37.4. The second-order valence-corrected chi connectivity index (χ2v) is 8.38. The molecule has 2 saturated heterocycles. The molecule has 3 fully saturated rings. The third-order valence-electron chi connectivity index (χ3n) is 6.40. The maximum Gasteiger partial charge on any atom is 0.401 e. The number of alkyl halides is 3. The Balaban J connectivity index is 0.00000261. The molecule has 4 nitrogen and oxygen atoms in total. The largest absolute Gasteiger partial charge is 0.401 e. The van der Waals surface area contributed by atoms with Crippen LogP contribution in [-0.4, -0.2) is 67.7 Å². The van der Waals surface area contributed by atoms with Crippen LogP contribution in [0, 0.1) is 11.3 Å². The number of nitrogens with zero attached hydrogens (tertiary/aromatic N) is 3. The van der Waals surface area contributed by atoms with Crippen LogP contribution in [0.15, 0.2) is 4.99 Å². The number of nitrogens with one attached hydrogen (secondary N) is 1. The van der Waals surface area contributed by atoms with Gasteiger partial charge in [0.2, 0.25) is 0 Å². The van der Waals surface area contributed by atoms with Gasteiger partial charge in [0, 0.05) is 26.2 Å². The van der Waals surface area contributed by atoms with Crippen molar-refractivity contribution < 1.29 is 13.2 Å². The molecule has 0 radical (unpaired) electrons. The van der Waals surface area contributed by atoms with Crippen LogP contribution in [0.4, 0.5) is 13.2 Å². The number of piperidine rings is 1. The highest BCUT2D eigenvalue weighted by Crippen LogP contribution is 2.47. The first-order valence-electron chi connectivity index (χ1n) is 10.2. The molecule has 158 valence electrons. The summed E-state index contributed by atoms with van der Waals surface area (Å²) in [6, 6.07) is 0. The van der Waals surface area contributed by atoms with E-state index in [4.69, 9.17) is 4.99 Å². The van der Waals surface area contributed by atoms with Gasteiger partial charge in [-0.3, -0.25) is 9.89 Å². The zero-order valence-electron chi connectivity index (χ0n) is 16.4. The van der Waals surface area contributed by atoms with Crippen molar-refractivity contribution in [2.24, 2.45) is 16.3 Å². The van der Waals surface area contributed by atoms with Crippen LogP contribution < -0.4 is 5.32 Å². The number of guanidine groups is 1. The zero-order valence-corrected chi connectivity index (χ0v) is 18.7. The molecule has 0 aromatic carbocycles. The van der Waals surface area contributed by atoms with Gasteiger partial charge in [-0.25, -0.2) is 0 Å². The van der Waals surface area contributed by atoms with Crippen molar-refractivity contribution in [2.75, 3.05) is 45.8 Å². The molecule has 3 rings (SSSR count). The van der Waals surface area contributed by atoms with Crippen LogP contribution in [0.1, 0.15) is 51.9 Å². The van der Waals surface area contributed by atoms with Crippen LogP contribution in [-0.2, 0) is 0 Å². The Kier molecular flexibility index (Phi) is 8.52. The minimum atomic E-state index is -4.08. The second-order valence-electron chi connectivity index (χ2n) is 8.38. The van der Waals surface area contributed by atoms with E-state index in [0.29, 0.717) is 24.4 Å². The summed E-state index contributed by atoms with van der Waals surface area (Å²) in [7, 11) is 0. The molecule has 0 aromatic rings. The minimum Gasteiger partial charge on any atom is -0.357 e. The van der Waals surface area contributed by atoms with E-state index in [2.05, 4.69) is 17.1 Å². The molecule has 1 N–H and O–H groups in total. The zero-order chi connectivity index (χ0) is 18.6. The molecule has 1 saturated carbocycles. The van der Waals surface area contributed by atoms with Gasteiger partial charge >= 0.3 is 6.18 Å². The highest BCUT2D eigenvalue weighted by atomic mass is 127. The molecule has 0 amide bonds. The van der Waals surface area contributed by atoms with Crippen molar-refractivity contribution in [3.63, 3.8) is 0 Å². The molecular weight excluding hydrogens is 468 g/mol. The quantitative estimate of drug-likeness (QED) is 0.349. The number of hydrogen-bond acceptors (Lipinski definition) is 2. The van der Waals surface area contributed by atoms with Crippen LogP contribution in [0.3, 0.4) is 0 Å². The number of halogens is 4. The van der Waals surface area contributed by atoms with E-state index >= 15 is 0 Å². The summed E-state index contributed by atoms with van der Waals surface area (Å²) in [6.07, 6.45) is 3.99. The molecular formula is C19H34F3IN4. The van der Waals surface area contributed by atoms with Crippen molar-refractivity contribution in [3.8, 4) is 0 Å². The van der Waals surface area contributed by atoms with Crippen molar-refractivity contribution >= 4 is 29.9 Å². The van der Waals surface area contributed by atoms with Crippen LogP contribution in [0.2, 0.25) is 0 Å². The molecule has 2 aliphatic heterocycles. The van der Waals surface area contributed by atoms with Gasteiger partial charge in [-0.2, -0.15) is 13.2 Å². The smallest absolute Gasteiger partial charge is 0.357 e. The third-order valence-corrected chi connectivity index (χ3v) is 6.40. The average molecular weight is 502 g/mol. The van der Waals surface area contributed by atoms with Gasteiger partial charge < -0.3 is 10.2 Å². The molecule has 2 heterocycles. The summed E-state index contributed by atoms with van der Waals surface area (Å²) in [5.74, 6) is 1.54. The lowest BCUT2D eigenvalue weighted by Crippen LogP contribution is -2.42. The Morgan fingerprint density at radius 3 is 2.37 bits per heavy atom. The molecule has 0 aromatic heterocycles. The standard InChI is InChI=1S/C19H33F3N4.HI/c1-2-23-17(26-13-9-18(14-26)7-3-8-18)24-10-4-16-5-11-25(12-6-16)15-19(20,21)22;/h16H,2-15H2,1H3,(H,23,24);1H. The lowest BCUT2D eigenvalue weighted by atomic mass is 9.68. The van der Waals surface area contributed by atoms with Gasteiger partial charge in [0.1, 0.15) is 0 Å². The van der Waals surface area contributed by atoms with Gasteiger partial charge in [-0.05, 0) is 69.9 Å². The average Bonchev–Trinajstić information content (AvgIpc) is 3.00. The Hall–Kier alpha value is -0.250. The minimum absolute atomic E-state index is 0. The highest BCUT2D eigenvalue weighted by Gasteiger charge is 2.43. The van der Waals surface area contributed by atoms with Crippen molar-refractivity contribution in [1.82, 2.24) is 15.1 Å². The van der Waals surface area contributed by atoms with E-state index in [1.807, 2.05) is 0 Å². The van der Waals surface area contributed by atoms with E-state index in [-0.39, 0.29) is 24.0 Å². The molecule has 1 spiro atoms. The number of likely N-dealkylation sites (tertiary alicyclic amines) is 2. The molecule has 0 atom stereocenters. The monoisotopic (exact) mass is 502 g/mol. The first-order valence-corrected chi connectivity index (χ1v) is 10.2. The molecule has 8 heteroatoms. The van der Waals surface area contributed by atoms with Crippen LogP contribution in [0.5, 0.6) is 0 Å². The summed E-state index contributed by atoms with van der Waals surface area (Å²) >= 11 is 0. The van der Waals surface area contributed by atoms with Crippen molar-refractivity contribution in [3.05, 3.63) is 0 Å². The molecule has 0 bridgehead atoms. The predicted octanol–water partition coefficient (Wildman–Crippen LogP) is 4.11. The lowest BCUT2D eigenvalue weighted by molar-refractivity contribution is -0.148. The Bertz CT molecular complexity index is 486. The van der Waals surface area contributed by atoms with Gasteiger partial charge in [-0.1, -0.05) is 6.42 Å². The van der Waals surface area contributed by atoms with Gasteiger partial charge in [0.15, 0.2) is 5.96 Å². The fraction of sp³-hybridized carbons (Fsp3) is 0.947. The number of aliphatic imine (C=N–C) groups is 1. The van der Waals surface area contributed by atoms with Gasteiger partial charge in [-0.15, -0.1) is 24.0 Å². The van der Waals surface area contributed by atoms with Gasteiger partial charge in [0.25, 0.3) is 0 Å². The first kappa shape index (κ1) is 23.0. The lowest BCUT2D eigenvalue weighted by Gasteiger charge is -2.38. The molecule has 1 aliphatic carbocycles. The SMILES string of the molecule is CCNC(=NCCC1CCN(CC(F)(F)F)CC1)N1CCC2(CCC2)C1.I. The Morgan fingerprint density at radius 1 is 1.15 bits per heavy atom. The van der Waals surface area contributed by atoms with E-state index in [9.17, 15) is 13.2 Å². The Morgan fingerprint density at radius 2 is 1.85 bits per heavy atom. The predicted molar refractivity (Wildman–Crippen MR) is 114 cm³/mol. The topological polar surface area (TPSA) is 30.9 Å². The maximum atomic E-state index is 12.5. The second kappa shape index (κ2) is 9.98. The number of hydrogen-bond donors (Lipinski definition) is 1. The summed E-state index contributed by atoms with van der Waals surface area (Å²) in [4.78, 5) is 8.77. The van der Waals surface area contributed by atoms with Crippen molar-refractivity contribution in [1.29, 1.82) is 0 Å². The van der Waals surface area contributed by atoms with Crippen LogP contribution >= 0.6 is 24.0 Å². The van der Waals surface area contributed by atoms with E-state index in [0.717, 1.165) is 51.4 Å². The summed E-state index contributed by atoms with van der Waals surface area (Å²) in [5.41, 5.74) is 0.557. The molecule has 0 unspecified atom stereocenters. The third kappa shape index (κ3) is 6.65. The van der Waals surface area contributed by atoms with E-state index in [1.54, 1.807) is 0 Å². The van der Waals surface area contributed by atoms with Crippen molar-refractivity contribution in [2.45, 2.75) is 58.0 Å². The van der Waals surface area contributed by atoms with Crippen LogP contribution in [0.25, 0.3) is 0 Å². The number of rotatable bonds is 5. The fourth-order valence-corrected chi connectivity index (χ4v) is 4.67. The normalized spacial score (nSPS) is 24.0. The fourth-order valence-electron chi connectivity index (χ4n) is 4.67. The molecule has 27 heavy (non-hydrogen) atoms. The molecule has 3 aliphatic rings. The maximum absolute atomic E-state index is 12.5. The van der Waals surface area contributed by atoms with Gasteiger partial charge in [0.05, 0.1) is 6.54 Å². The summed E-state index contributed by atoms with van der Waals surface area (Å²) in [6.45, 7) is 6.33. The first-order chi connectivity index (χ1) is 12.4. The Labute approximate surface area is 178 Å². The summed E-state index contributed by atoms with van der Waals surface area (Å²) in [5, 5.41) is 3.42. The van der Waals surface area contributed by atoms with E-state index in [1.165, 1.54) is 30.6 Å². The van der Waals surface area contributed by atoms with E-state index < -0.39 is 12.7 Å². The highest BCUT2D eigenvalue weighted by molar-refractivity contribution is 14.0.